The predicted octanol–water partition coefficient (Wildman–Crippen LogP) is 1.96. The van der Waals surface area contributed by atoms with Gasteiger partial charge in [-0.2, -0.15) is 0 Å². The van der Waals surface area contributed by atoms with E-state index in [4.69, 9.17) is 5.73 Å². The van der Waals surface area contributed by atoms with Gasteiger partial charge in [0.2, 0.25) is 0 Å². The average molecular weight is 179 g/mol. The molecule has 2 N–H and O–H groups in total. The van der Waals surface area contributed by atoms with Gasteiger partial charge in [0.15, 0.2) is 5.95 Å². The summed E-state index contributed by atoms with van der Waals surface area (Å²) in [6.45, 7) is 3.01. The Labute approximate surface area is 79.0 Å². The second-order valence-electron chi connectivity index (χ2n) is 4.02. The Morgan fingerprint density at radius 2 is 2.38 bits per heavy atom. The van der Waals surface area contributed by atoms with Crippen molar-refractivity contribution in [3.05, 3.63) is 11.9 Å². The Hall–Kier alpha value is -0.990. The lowest BCUT2D eigenvalue weighted by Crippen LogP contribution is -2.02. The van der Waals surface area contributed by atoms with Crippen molar-refractivity contribution in [3.8, 4) is 0 Å². The molecule has 2 rings (SSSR count). The van der Waals surface area contributed by atoms with Gasteiger partial charge in [-0.05, 0) is 25.7 Å². The van der Waals surface area contributed by atoms with Crippen molar-refractivity contribution in [3.63, 3.8) is 0 Å². The van der Waals surface area contributed by atoms with E-state index in [0.29, 0.717) is 5.95 Å². The summed E-state index contributed by atoms with van der Waals surface area (Å²) in [6, 6.07) is 0. The van der Waals surface area contributed by atoms with E-state index >= 15 is 0 Å². The minimum atomic E-state index is 0.660. The highest BCUT2D eigenvalue weighted by Crippen LogP contribution is 2.33. The molecular formula is C10H17N3. The molecule has 1 aromatic rings. The molecule has 3 nitrogen and oxygen atoms in total. The standard InChI is InChI=1S/C10H17N3/c1-8-7-13(10(11)12-8)6-2-3-9-4-5-9/h7,9H,2-6H2,1H3,(H2,11,12). The summed E-state index contributed by atoms with van der Waals surface area (Å²) in [6.07, 6.45) is 7.51. The second-order valence-corrected chi connectivity index (χ2v) is 4.02. The molecule has 1 saturated carbocycles. The zero-order valence-corrected chi connectivity index (χ0v) is 8.16. The molecule has 3 heteroatoms. The van der Waals surface area contributed by atoms with Crippen LogP contribution in [-0.2, 0) is 6.54 Å². The molecule has 0 aromatic carbocycles. The van der Waals surface area contributed by atoms with Crippen LogP contribution in [0.25, 0.3) is 0 Å². The highest BCUT2D eigenvalue weighted by molar-refractivity contribution is 5.20. The molecule has 0 unspecified atom stereocenters. The van der Waals surface area contributed by atoms with Crippen LogP contribution in [0.5, 0.6) is 0 Å². The van der Waals surface area contributed by atoms with E-state index in [9.17, 15) is 0 Å². The largest absolute Gasteiger partial charge is 0.369 e. The number of imidazole rings is 1. The summed E-state index contributed by atoms with van der Waals surface area (Å²) in [5.74, 6) is 1.68. The molecule has 0 spiro atoms. The number of hydrogen-bond acceptors (Lipinski definition) is 2. The Balaban J connectivity index is 1.81. The summed E-state index contributed by atoms with van der Waals surface area (Å²) in [4.78, 5) is 4.17. The molecule has 0 bridgehead atoms. The number of aromatic nitrogens is 2. The van der Waals surface area contributed by atoms with E-state index in [2.05, 4.69) is 9.55 Å². The van der Waals surface area contributed by atoms with Gasteiger partial charge < -0.3 is 10.3 Å². The van der Waals surface area contributed by atoms with Crippen molar-refractivity contribution in [1.29, 1.82) is 0 Å². The van der Waals surface area contributed by atoms with E-state index in [1.54, 1.807) is 0 Å². The number of anilines is 1. The molecular weight excluding hydrogens is 162 g/mol. The minimum absolute atomic E-state index is 0.660. The molecule has 0 aliphatic heterocycles. The Bertz CT molecular complexity index is 286. The summed E-state index contributed by atoms with van der Waals surface area (Å²) < 4.78 is 2.05. The van der Waals surface area contributed by atoms with E-state index in [-0.39, 0.29) is 0 Å². The fourth-order valence-electron chi connectivity index (χ4n) is 1.70. The number of rotatable bonds is 4. The maximum absolute atomic E-state index is 5.73. The second kappa shape index (κ2) is 3.40. The van der Waals surface area contributed by atoms with Crippen LogP contribution in [0.15, 0.2) is 6.20 Å². The molecule has 1 heterocycles. The molecule has 1 aliphatic rings. The van der Waals surface area contributed by atoms with Gasteiger partial charge in [0.25, 0.3) is 0 Å². The van der Waals surface area contributed by atoms with Crippen molar-refractivity contribution in [2.75, 3.05) is 5.73 Å². The van der Waals surface area contributed by atoms with Crippen molar-refractivity contribution in [2.24, 2.45) is 5.92 Å². The van der Waals surface area contributed by atoms with Gasteiger partial charge in [-0.25, -0.2) is 4.98 Å². The molecule has 1 aliphatic carbocycles. The van der Waals surface area contributed by atoms with Crippen molar-refractivity contribution < 1.29 is 0 Å². The number of nitrogens with zero attached hydrogens (tertiary/aromatic N) is 2. The van der Waals surface area contributed by atoms with Gasteiger partial charge in [0.05, 0.1) is 5.69 Å². The SMILES string of the molecule is Cc1cn(CCCC2CC2)c(N)n1. The third-order valence-electron chi connectivity index (χ3n) is 2.64. The van der Waals surface area contributed by atoms with Crippen LogP contribution in [0.1, 0.15) is 31.4 Å². The van der Waals surface area contributed by atoms with Crippen LogP contribution in [0, 0.1) is 12.8 Å². The molecule has 13 heavy (non-hydrogen) atoms. The number of aryl methyl sites for hydroxylation is 2. The monoisotopic (exact) mass is 179 g/mol. The summed E-state index contributed by atoms with van der Waals surface area (Å²) in [7, 11) is 0. The van der Waals surface area contributed by atoms with E-state index in [0.717, 1.165) is 18.2 Å². The van der Waals surface area contributed by atoms with Crippen LogP contribution in [0.4, 0.5) is 5.95 Å². The predicted molar refractivity (Wildman–Crippen MR) is 53.3 cm³/mol. The van der Waals surface area contributed by atoms with Crippen molar-refractivity contribution in [1.82, 2.24) is 9.55 Å². The van der Waals surface area contributed by atoms with E-state index < -0.39 is 0 Å². The first-order valence-corrected chi connectivity index (χ1v) is 5.05. The van der Waals surface area contributed by atoms with Crippen molar-refractivity contribution in [2.45, 2.75) is 39.2 Å². The lowest BCUT2D eigenvalue weighted by molar-refractivity contribution is 0.581. The molecule has 0 atom stereocenters. The fourth-order valence-corrected chi connectivity index (χ4v) is 1.70. The normalized spacial score (nSPS) is 16.4. The maximum atomic E-state index is 5.73. The molecule has 72 valence electrons. The molecule has 0 saturated heterocycles. The fraction of sp³-hybridized carbons (Fsp3) is 0.700. The summed E-state index contributed by atoms with van der Waals surface area (Å²) >= 11 is 0. The molecule has 1 fully saturated rings. The van der Waals surface area contributed by atoms with E-state index in [1.807, 2.05) is 13.1 Å². The zero-order chi connectivity index (χ0) is 9.26. The first-order chi connectivity index (χ1) is 6.25. The molecule has 0 radical (unpaired) electrons. The van der Waals surface area contributed by atoms with E-state index in [1.165, 1.54) is 25.7 Å². The first kappa shape index (κ1) is 8.60. The van der Waals surface area contributed by atoms with Crippen LogP contribution in [0.3, 0.4) is 0 Å². The van der Waals surface area contributed by atoms with Gasteiger partial charge in [0.1, 0.15) is 0 Å². The lowest BCUT2D eigenvalue weighted by Gasteiger charge is -2.02. The van der Waals surface area contributed by atoms with Crippen LogP contribution in [0.2, 0.25) is 0 Å². The number of hydrogen-bond donors (Lipinski definition) is 1. The number of nitrogens with two attached hydrogens (primary N) is 1. The first-order valence-electron chi connectivity index (χ1n) is 5.05. The van der Waals surface area contributed by atoms with Gasteiger partial charge in [-0.15, -0.1) is 0 Å². The summed E-state index contributed by atoms with van der Waals surface area (Å²) in [5.41, 5.74) is 6.74. The van der Waals surface area contributed by atoms with Crippen LogP contribution < -0.4 is 5.73 Å². The Morgan fingerprint density at radius 3 is 2.92 bits per heavy atom. The average Bonchev–Trinajstić information content (AvgIpc) is 2.81. The molecule has 0 amide bonds. The van der Waals surface area contributed by atoms with Crippen LogP contribution in [-0.4, -0.2) is 9.55 Å². The quantitative estimate of drug-likeness (QED) is 0.768. The third-order valence-corrected chi connectivity index (χ3v) is 2.64. The highest BCUT2D eigenvalue weighted by atomic mass is 15.1. The third kappa shape index (κ3) is 2.23. The topological polar surface area (TPSA) is 43.8 Å². The smallest absolute Gasteiger partial charge is 0.200 e. The minimum Gasteiger partial charge on any atom is -0.369 e. The van der Waals surface area contributed by atoms with Gasteiger partial charge >= 0.3 is 0 Å². The maximum Gasteiger partial charge on any atom is 0.200 e. The lowest BCUT2D eigenvalue weighted by atomic mass is 10.2. The Morgan fingerprint density at radius 1 is 1.62 bits per heavy atom. The van der Waals surface area contributed by atoms with Crippen molar-refractivity contribution >= 4 is 5.95 Å². The summed E-state index contributed by atoms with van der Waals surface area (Å²) in [5, 5.41) is 0. The Kier molecular flexibility index (Phi) is 2.25. The molecule has 1 aromatic heterocycles. The number of nitrogen functional groups attached to an aromatic ring is 1. The highest BCUT2D eigenvalue weighted by Gasteiger charge is 2.20. The van der Waals surface area contributed by atoms with Gasteiger partial charge in [-0.3, -0.25) is 0 Å². The zero-order valence-electron chi connectivity index (χ0n) is 8.16. The van der Waals surface area contributed by atoms with Crippen LogP contribution >= 0.6 is 0 Å². The van der Waals surface area contributed by atoms with Gasteiger partial charge in [-0.1, -0.05) is 12.8 Å². The van der Waals surface area contributed by atoms with Gasteiger partial charge in [0, 0.05) is 12.7 Å².